The fraction of sp³-hybridized carbons (Fsp3) is 0.316. The molecule has 2 aromatic carbocycles. The van der Waals surface area contributed by atoms with Gasteiger partial charge in [0.25, 0.3) is 5.91 Å². The van der Waals surface area contributed by atoms with Crippen molar-refractivity contribution >= 4 is 5.91 Å². The van der Waals surface area contributed by atoms with Crippen molar-refractivity contribution < 1.29 is 19.0 Å². The molecule has 128 valence electrons. The van der Waals surface area contributed by atoms with E-state index in [-0.39, 0.29) is 12.0 Å². The van der Waals surface area contributed by atoms with Gasteiger partial charge in [-0.1, -0.05) is 30.3 Å². The molecule has 0 saturated heterocycles. The lowest BCUT2D eigenvalue weighted by atomic mass is 10.1. The summed E-state index contributed by atoms with van der Waals surface area (Å²) >= 11 is 0. The molecule has 0 bridgehead atoms. The maximum Gasteiger partial charge on any atom is 0.260 e. The van der Waals surface area contributed by atoms with Crippen LogP contribution in [0.3, 0.4) is 0 Å². The number of benzene rings is 2. The molecule has 2 rings (SSSR count). The van der Waals surface area contributed by atoms with E-state index in [2.05, 4.69) is 5.32 Å². The van der Waals surface area contributed by atoms with Gasteiger partial charge >= 0.3 is 0 Å². The van der Waals surface area contributed by atoms with Gasteiger partial charge in [-0.15, -0.1) is 0 Å². The molecule has 1 amide bonds. The molecule has 0 aromatic heterocycles. The van der Waals surface area contributed by atoms with E-state index in [4.69, 9.17) is 14.2 Å². The van der Waals surface area contributed by atoms with Crippen LogP contribution in [-0.4, -0.2) is 32.8 Å². The van der Waals surface area contributed by atoms with Crippen molar-refractivity contribution in [2.24, 2.45) is 0 Å². The largest absolute Gasteiger partial charge is 0.497 e. The summed E-state index contributed by atoms with van der Waals surface area (Å²) in [5, 5.41) is 2.86. The molecule has 5 nitrogen and oxygen atoms in total. The van der Waals surface area contributed by atoms with Crippen LogP contribution < -0.4 is 14.8 Å². The molecule has 0 aliphatic heterocycles. The first-order valence-electron chi connectivity index (χ1n) is 7.80. The molecule has 2 atom stereocenters. The SMILES string of the molecule is COc1cccc(C(CNC(=O)C(C)Oc2ccccc2)OC)c1. The lowest BCUT2D eigenvalue weighted by Crippen LogP contribution is -2.38. The van der Waals surface area contributed by atoms with E-state index >= 15 is 0 Å². The molecule has 1 N–H and O–H groups in total. The van der Waals surface area contributed by atoms with E-state index in [1.165, 1.54) is 0 Å². The van der Waals surface area contributed by atoms with Crippen LogP contribution in [0.4, 0.5) is 0 Å². The number of hydrogen-bond acceptors (Lipinski definition) is 4. The van der Waals surface area contributed by atoms with E-state index in [9.17, 15) is 4.79 Å². The number of hydrogen-bond donors (Lipinski definition) is 1. The van der Waals surface area contributed by atoms with Crippen LogP contribution >= 0.6 is 0 Å². The Balaban J connectivity index is 1.90. The van der Waals surface area contributed by atoms with E-state index in [1.54, 1.807) is 21.1 Å². The molecule has 2 aromatic rings. The van der Waals surface area contributed by atoms with Gasteiger partial charge in [0.15, 0.2) is 6.10 Å². The minimum atomic E-state index is -0.588. The first kappa shape index (κ1) is 17.8. The number of ether oxygens (including phenoxy) is 3. The van der Waals surface area contributed by atoms with Crippen molar-refractivity contribution in [3.63, 3.8) is 0 Å². The Morgan fingerprint density at radius 1 is 1.04 bits per heavy atom. The highest BCUT2D eigenvalue weighted by Crippen LogP contribution is 2.21. The minimum absolute atomic E-state index is 0.191. The Hall–Kier alpha value is -2.53. The lowest BCUT2D eigenvalue weighted by Gasteiger charge is -2.19. The quantitative estimate of drug-likeness (QED) is 0.809. The summed E-state index contributed by atoms with van der Waals surface area (Å²) < 4.78 is 16.3. The van der Waals surface area contributed by atoms with Crippen molar-refractivity contribution in [1.29, 1.82) is 0 Å². The molecule has 0 fully saturated rings. The molecular formula is C19H23NO4. The van der Waals surface area contributed by atoms with Gasteiger partial charge in [0, 0.05) is 13.7 Å². The molecular weight excluding hydrogens is 306 g/mol. The first-order chi connectivity index (χ1) is 11.6. The van der Waals surface area contributed by atoms with Crippen molar-refractivity contribution in [3.05, 3.63) is 60.2 Å². The molecule has 2 unspecified atom stereocenters. The number of methoxy groups -OCH3 is 2. The summed E-state index contributed by atoms with van der Waals surface area (Å²) in [5.41, 5.74) is 0.939. The van der Waals surface area contributed by atoms with Crippen molar-refractivity contribution in [2.75, 3.05) is 20.8 Å². The fourth-order valence-corrected chi connectivity index (χ4v) is 2.27. The third-order valence-electron chi connectivity index (χ3n) is 3.64. The molecule has 5 heteroatoms. The second-order valence-corrected chi connectivity index (χ2v) is 5.32. The van der Waals surface area contributed by atoms with Gasteiger partial charge in [0.2, 0.25) is 0 Å². The van der Waals surface area contributed by atoms with Gasteiger partial charge in [-0.3, -0.25) is 4.79 Å². The molecule has 0 spiro atoms. The summed E-state index contributed by atoms with van der Waals surface area (Å²) in [7, 11) is 3.23. The topological polar surface area (TPSA) is 56.8 Å². The van der Waals surface area contributed by atoms with Crippen LogP contribution in [0.1, 0.15) is 18.6 Å². The second-order valence-electron chi connectivity index (χ2n) is 5.32. The average Bonchev–Trinajstić information content (AvgIpc) is 2.63. The van der Waals surface area contributed by atoms with E-state index in [0.717, 1.165) is 11.3 Å². The van der Waals surface area contributed by atoms with Crippen molar-refractivity contribution in [2.45, 2.75) is 19.1 Å². The summed E-state index contributed by atoms with van der Waals surface area (Å²) in [6.45, 7) is 2.07. The van der Waals surface area contributed by atoms with Gasteiger partial charge in [0.1, 0.15) is 11.5 Å². The van der Waals surface area contributed by atoms with Crippen molar-refractivity contribution in [1.82, 2.24) is 5.32 Å². The zero-order valence-corrected chi connectivity index (χ0v) is 14.2. The highest BCUT2D eigenvalue weighted by Gasteiger charge is 2.18. The fourth-order valence-electron chi connectivity index (χ4n) is 2.27. The van der Waals surface area contributed by atoms with Crippen LogP contribution in [-0.2, 0) is 9.53 Å². The van der Waals surface area contributed by atoms with Crippen LogP contribution in [0.25, 0.3) is 0 Å². The summed E-state index contributed by atoms with van der Waals surface area (Å²) in [4.78, 5) is 12.2. The van der Waals surface area contributed by atoms with Gasteiger partial charge in [-0.05, 0) is 36.8 Å². The molecule has 0 saturated carbocycles. The van der Waals surface area contributed by atoms with Crippen LogP contribution in [0, 0.1) is 0 Å². The third kappa shape index (κ3) is 4.99. The zero-order chi connectivity index (χ0) is 17.4. The van der Waals surface area contributed by atoms with Gasteiger partial charge in [0.05, 0.1) is 13.2 Å². The maximum atomic E-state index is 12.2. The molecule has 0 aliphatic carbocycles. The highest BCUT2D eigenvalue weighted by molar-refractivity contribution is 5.80. The molecule has 24 heavy (non-hydrogen) atoms. The Bertz CT molecular complexity index is 645. The predicted octanol–water partition coefficient (Wildman–Crippen LogP) is 2.97. The number of nitrogens with one attached hydrogen (secondary N) is 1. The maximum absolute atomic E-state index is 12.2. The molecule has 0 radical (unpaired) electrons. The standard InChI is InChI=1S/C19H23NO4/c1-14(24-16-9-5-4-6-10-16)19(21)20-13-18(23-3)15-8-7-11-17(12-15)22-2/h4-12,14,18H,13H2,1-3H3,(H,20,21). The first-order valence-corrected chi connectivity index (χ1v) is 7.80. The van der Waals surface area contributed by atoms with Gasteiger partial charge < -0.3 is 19.5 Å². The summed E-state index contributed by atoms with van der Waals surface area (Å²) in [6, 6.07) is 16.9. The summed E-state index contributed by atoms with van der Waals surface area (Å²) in [5.74, 6) is 1.22. The number of rotatable bonds is 8. The number of carbonyl (C=O) groups excluding carboxylic acids is 1. The number of carbonyl (C=O) groups is 1. The Morgan fingerprint density at radius 2 is 1.75 bits per heavy atom. The minimum Gasteiger partial charge on any atom is -0.497 e. The summed E-state index contributed by atoms with van der Waals surface area (Å²) in [6.07, 6.45) is -0.844. The predicted molar refractivity (Wildman–Crippen MR) is 92.3 cm³/mol. The zero-order valence-electron chi connectivity index (χ0n) is 14.2. The van der Waals surface area contributed by atoms with Crippen molar-refractivity contribution in [3.8, 4) is 11.5 Å². The Kier molecular flexibility index (Phi) is 6.63. The lowest BCUT2D eigenvalue weighted by molar-refractivity contribution is -0.127. The normalized spacial score (nSPS) is 13.0. The third-order valence-corrected chi connectivity index (χ3v) is 3.64. The molecule has 0 aliphatic rings. The van der Waals surface area contributed by atoms with Gasteiger partial charge in [-0.2, -0.15) is 0 Å². The van der Waals surface area contributed by atoms with E-state index in [1.807, 2.05) is 54.6 Å². The molecule has 0 heterocycles. The smallest absolute Gasteiger partial charge is 0.260 e. The average molecular weight is 329 g/mol. The van der Waals surface area contributed by atoms with Gasteiger partial charge in [-0.25, -0.2) is 0 Å². The Morgan fingerprint density at radius 3 is 2.42 bits per heavy atom. The second kappa shape index (κ2) is 8.93. The van der Waals surface area contributed by atoms with Crippen LogP contribution in [0.5, 0.6) is 11.5 Å². The van der Waals surface area contributed by atoms with E-state index < -0.39 is 6.10 Å². The Labute approximate surface area is 142 Å². The monoisotopic (exact) mass is 329 g/mol. The number of para-hydroxylation sites is 1. The number of amides is 1. The highest BCUT2D eigenvalue weighted by atomic mass is 16.5. The van der Waals surface area contributed by atoms with Crippen LogP contribution in [0.2, 0.25) is 0 Å². The van der Waals surface area contributed by atoms with E-state index in [0.29, 0.717) is 12.3 Å². The van der Waals surface area contributed by atoms with Crippen LogP contribution in [0.15, 0.2) is 54.6 Å².